The highest BCUT2D eigenvalue weighted by atomic mass is 19.1. The number of hydrogen-bond donors (Lipinski definition) is 1. The van der Waals surface area contributed by atoms with Crippen molar-refractivity contribution >= 4 is 0 Å². The first-order valence-corrected chi connectivity index (χ1v) is 6.31. The Bertz CT molecular complexity index is 384. The predicted molar refractivity (Wildman–Crippen MR) is 64.6 cm³/mol. The molecule has 0 unspecified atom stereocenters. The van der Waals surface area contributed by atoms with Crippen LogP contribution in [0, 0.1) is 5.82 Å². The lowest BCUT2D eigenvalue weighted by Gasteiger charge is -2.32. The van der Waals surface area contributed by atoms with Crippen molar-refractivity contribution in [3.05, 3.63) is 29.6 Å². The van der Waals surface area contributed by atoms with E-state index in [9.17, 15) is 9.50 Å². The van der Waals surface area contributed by atoms with Gasteiger partial charge in [0.2, 0.25) is 0 Å². The third kappa shape index (κ3) is 2.60. The van der Waals surface area contributed by atoms with Gasteiger partial charge in [-0.1, -0.05) is 19.3 Å². The van der Waals surface area contributed by atoms with Gasteiger partial charge < -0.3 is 9.84 Å². The van der Waals surface area contributed by atoms with Gasteiger partial charge in [0, 0.05) is 11.6 Å². The van der Waals surface area contributed by atoms with Crippen LogP contribution in [0.1, 0.15) is 44.6 Å². The van der Waals surface area contributed by atoms with Crippen LogP contribution in [-0.4, -0.2) is 11.7 Å². The average Bonchev–Trinajstić information content (AvgIpc) is 2.30. The molecule has 1 fully saturated rings. The maximum atomic E-state index is 14.0. The molecular formula is C14H19FO2. The second kappa shape index (κ2) is 5.05. The Balaban J connectivity index is 2.25. The van der Waals surface area contributed by atoms with Gasteiger partial charge in [-0.2, -0.15) is 0 Å². The maximum absolute atomic E-state index is 14.0. The molecule has 0 bridgehead atoms. The molecule has 94 valence electrons. The van der Waals surface area contributed by atoms with E-state index < -0.39 is 5.60 Å². The minimum Gasteiger partial charge on any atom is -0.494 e. The molecule has 0 heterocycles. The van der Waals surface area contributed by atoms with Gasteiger partial charge in [-0.3, -0.25) is 0 Å². The van der Waals surface area contributed by atoms with Crippen molar-refractivity contribution in [2.24, 2.45) is 0 Å². The van der Waals surface area contributed by atoms with Crippen LogP contribution < -0.4 is 4.74 Å². The third-order valence-electron chi connectivity index (χ3n) is 3.43. The van der Waals surface area contributed by atoms with Crippen LogP contribution in [0.15, 0.2) is 18.2 Å². The lowest BCUT2D eigenvalue weighted by atomic mass is 9.79. The van der Waals surface area contributed by atoms with Crippen molar-refractivity contribution < 1.29 is 14.2 Å². The highest BCUT2D eigenvalue weighted by molar-refractivity contribution is 5.32. The first-order valence-electron chi connectivity index (χ1n) is 6.31. The summed E-state index contributed by atoms with van der Waals surface area (Å²) >= 11 is 0. The van der Waals surface area contributed by atoms with Gasteiger partial charge in [0.05, 0.1) is 12.2 Å². The largest absolute Gasteiger partial charge is 0.494 e. The molecule has 17 heavy (non-hydrogen) atoms. The van der Waals surface area contributed by atoms with Crippen LogP contribution in [0.4, 0.5) is 4.39 Å². The first-order chi connectivity index (χ1) is 8.15. The van der Waals surface area contributed by atoms with Gasteiger partial charge >= 0.3 is 0 Å². The number of rotatable bonds is 3. The molecule has 1 aromatic rings. The SMILES string of the molecule is CCOc1ccc(C2(O)CCCCC2)c(F)c1. The van der Waals surface area contributed by atoms with Gasteiger partial charge in [0.15, 0.2) is 0 Å². The number of benzene rings is 1. The molecule has 1 aliphatic rings. The van der Waals surface area contributed by atoms with E-state index in [1.54, 1.807) is 12.1 Å². The van der Waals surface area contributed by atoms with Crippen molar-refractivity contribution in [3.8, 4) is 5.75 Å². The van der Waals surface area contributed by atoms with Crippen LogP contribution in [0.2, 0.25) is 0 Å². The number of aliphatic hydroxyl groups is 1. The van der Waals surface area contributed by atoms with Crippen molar-refractivity contribution in [1.29, 1.82) is 0 Å². The average molecular weight is 238 g/mol. The molecule has 1 N–H and O–H groups in total. The lowest BCUT2D eigenvalue weighted by molar-refractivity contribution is -0.00378. The van der Waals surface area contributed by atoms with E-state index in [0.717, 1.165) is 19.3 Å². The third-order valence-corrected chi connectivity index (χ3v) is 3.43. The number of ether oxygens (including phenoxy) is 1. The fourth-order valence-corrected chi connectivity index (χ4v) is 2.54. The molecule has 1 aliphatic carbocycles. The fraction of sp³-hybridized carbons (Fsp3) is 0.571. The zero-order valence-electron chi connectivity index (χ0n) is 10.2. The Hall–Kier alpha value is -1.09. The quantitative estimate of drug-likeness (QED) is 0.874. The van der Waals surface area contributed by atoms with E-state index in [1.807, 2.05) is 6.92 Å². The number of halogens is 1. The van der Waals surface area contributed by atoms with Crippen molar-refractivity contribution in [2.45, 2.75) is 44.6 Å². The number of hydrogen-bond acceptors (Lipinski definition) is 2. The molecule has 1 saturated carbocycles. The fourth-order valence-electron chi connectivity index (χ4n) is 2.54. The highest BCUT2D eigenvalue weighted by Crippen LogP contribution is 2.38. The molecule has 0 radical (unpaired) electrons. The Morgan fingerprint density at radius 1 is 1.29 bits per heavy atom. The molecule has 0 saturated heterocycles. The van der Waals surface area contributed by atoms with E-state index >= 15 is 0 Å². The van der Waals surface area contributed by atoms with Gasteiger partial charge in [-0.05, 0) is 31.9 Å². The second-order valence-corrected chi connectivity index (χ2v) is 4.67. The van der Waals surface area contributed by atoms with Gasteiger partial charge in [-0.15, -0.1) is 0 Å². The summed E-state index contributed by atoms with van der Waals surface area (Å²) in [6.07, 6.45) is 4.35. The predicted octanol–water partition coefficient (Wildman–Crippen LogP) is 3.38. The summed E-state index contributed by atoms with van der Waals surface area (Å²) in [7, 11) is 0. The monoisotopic (exact) mass is 238 g/mol. The summed E-state index contributed by atoms with van der Waals surface area (Å²) in [4.78, 5) is 0. The molecule has 0 amide bonds. The Morgan fingerprint density at radius 2 is 2.00 bits per heavy atom. The molecule has 0 spiro atoms. The molecule has 3 heteroatoms. The van der Waals surface area contributed by atoms with E-state index in [-0.39, 0.29) is 5.82 Å². The van der Waals surface area contributed by atoms with Crippen LogP contribution >= 0.6 is 0 Å². The topological polar surface area (TPSA) is 29.5 Å². The van der Waals surface area contributed by atoms with Crippen molar-refractivity contribution in [1.82, 2.24) is 0 Å². The van der Waals surface area contributed by atoms with E-state index in [0.29, 0.717) is 30.8 Å². The molecule has 1 aromatic carbocycles. The van der Waals surface area contributed by atoms with Crippen molar-refractivity contribution in [3.63, 3.8) is 0 Å². The Morgan fingerprint density at radius 3 is 2.59 bits per heavy atom. The molecule has 0 aromatic heterocycles. The molecule has 0 aliphatic heterocycles. The van der Waals surface area contributed by atoms with Crippen LogP contribution in [-0.2, 0) is 5.60 Å². The van der Waals surface area contributed by atoms with Crippen LogP contribution in [0.3, 0.4) is 0 Å². The van der Waals surface area contributed by atoms with Crippen LogP contribution in [0.25, 0.3) is 0 Å². The molecular weight excluding hydrogens is 219 g/mol. The summed E-state index contributed by atoms with van der Waals surface area (Å²) in [5, 5.41) is 10.5. The smallest absolute Gasteiger partial charge is 0.132 e. The minimum atomic E-state index is -0.979. The normalized spacial score (nSPS) is 19.0. The van der Waals surface area contributed by atoms with E-state index in [2.05, 4.69) is 0 Å². The summed E-state index contributed by atoms with van der Waals surface area (Å²) in [5.41, 5.74) is -0.562. The zero-order chi connectivity index (χ0) is 12.3. The summed E-state index contributed by atoms with van der Waals surface area (Å²) in [5.74, 6) is 0.161. The van der Waals surface area contributed by atoms with Gasteiger partial charge in [-0.25, -0.2) is 4.39 Å². The lowest BCUT2D eigenvalue weighted by Crippen LogP contribution is -2.29. The minimum absolute atomic E-state index is 0.361. The summed E-state index contributed by atoms with van der Waals surface area (Å²) < 4.78 is 19.2. The maximum Gasteiger partial charge on any atom is 0.132 e. The first kappa shape index (κ1) is 12.4. The summed E-state index contributed by atoms with van der Waals surface area (Å²) in [6.45, 7) is 2.38. The second-order valence-electron chi connectivity index (χ2n) is 4.67. The summed E-state index contributed by atoms with van der Waals surface area (Å²) in [6, 6.07) is 4.76. The highest BCUT2D eigenvalue weighted by Gasteiger charge is 2.33. The van der Waals surface area contributed by atoms with Gasteiger partial charge in [0.25, 0.3) is 0 Å². The van der Waals surface area contributed by atoms with E-state index in [1.165, 1.54) is 6.07 Å². The Kier molecular flexibility index (Phi) is 3.67. The van der Waals surface area contributed by atoms with E-state index in [4.69, 9.17) is 4.74 Å². The molecule has 2 rings (SSSR count). The van der Waals surface area contributed by atoms with Gasteiger partial charge in [0.1, 0.15) is 11.6 Å². The molecule has 2 nitrogen and oxygen atoms in total. The zero-order valence-corrected chi connectivity index (χ0v) is 10.2. The van der Waals surface area contributed by atoms with Crippen LogP contribution in [0.5, 0.6) is 5.75 Å². The standard InChI is InChI=1S/C14H19FO2/c1-2-17-11-6-7-12(13(15)10-11)14(16)8-4-3-5-9-14/h6-7,10,16H,2-5,8-9H2,1H3. The van der Waals surface area contributed by atoms with Crippen molar-refractivity contribution in [2.75, 3.05) is 6.61 Å². The molecule has 0 atom stereocenters. The Labute approximate surface area is 101 Å².